The number of hydrogen-bond acceptors (Lipinski definition) is 5. The minimum atomic E-state index is -0.426. The smallest absolute Gasteiger partial charge is 0.340 e. The number of esters is 1. The van der Waals surface area contributed by atoms with E-state index in [1.807, 2.05) is 13.0 Å². The number of aliphatic hydroxyl groups is 1. The Morgan fingerprint density at radius 2 is 2.11 bits per heavy atom. The number of aryl methyl sites for hydroxylation is 1. The number of ether oxygens (including phenoxy) is 1. The fourth-order valence-electron chi connectivity index (χ4n) is 1.83. The molecule has 0 aromatic heterocycles. The number of methoxy groups -OCH3 is 1. The van der Waals surface area contributed by atoms with Gasteiger partial charge in [-0.05, 0) is 43.9 Å². The van der Waals surface area contributed by atoms with E-state index >= 15 is 0 Å². The molecule has 106 valence electrons. The van der Waals surface area contributed by atoms with Crippen molar-refractivity contribution in [3.8, 4) is 0 Å². The first kappa shape index (κ1) is 15.3. The van der Waals surface area contributed by atoms with Crippen LogP contribution in [0.4, 0.5) is 11.4 Å². The largest absolute Gasteiger partial charge is 0.465 e. The number of hydrogen-bond donors (Lipinski definition) is 3. The third-order valence-corrected chi connectivity index (χ3v) is 2.96. The van der Waals surface area contributed by atoms with Gasteiger partial charge < -0.3 is 20.9 Å². The molecule has 0 spiro atoms. The quantitative estimate of drug-likeness (QED) is 0.399. The zero-order valence-electron chi connectivity index (χ0n) is 11.5. The van der Waals surface area contributed by atoms with Gasteiger partial charge in [0.05, 0.1) is 12.7 Å². The van der Waals surface area contributed by atoms with E-state index in [9.17, 15) is 4.79 Å². The number of nitrogen functional groups attached to an aromatic ring is 1. The highest BCUT2D eigenvalue weighted by molar-refractivity contribution is 5.97. The Hall–Kier alpha value is -1.75. The molecule has 0 atom stereocenters. The first-order chi connectivity index (χ1) is 9.10. The maximum atomic E-state index is 11.6. The van der Waals surface area contributed by atoms with E-state index in [1.54, 1.807) is 6.07 Å². The average Bonchev–Trinajstić information content (AvgIpc) is 2.41. The highest BCUT2D eigenvalue weighted by atomic mass is 16.5. The summed E-state index contributed by atoms with van der Waals surface area (Å²) in [5.41, 5.74) is 8.42. The van der Waals surface area contributed by atoms with Gasteiger partial charge in [0.2, 0.25) is 0 Å². The Bertz CT molecular complexity index is 433. The molecule has 0 radical (unpaired) electrons. The number of anilines is 2. The second kappa shape index (κ2) is 7.63. The van der Waals surface area contributed by atoms with Crippen LogP contribution in [0.15, 0.2) is 12.1 Å². The molecule has 1 aromatic rings. The lowest BCUT2D eigenvalue weighted by Crippen LogP contribution is -2.09. The molecule has 1 rings (SSSR count). The van der Waals surface area contributed by atoms with Crippen molar-refractivity contribution in [2.45, 2.75) is 26.2 Å². The van der Waals surface area contributed by atoms with Crippen molar-refractivity contribution in [1.29, 1.82) is 0 Å². The number of carbonyl (C=O) groups is 1. The van der Waals surface area contributed by atoms with Gasteiger partial charge in [-0.2, -0.15) is 0 Å². The predicted octanol–water partition coefficient (Wildman–Crippen LogP) is 1.94. The first-order valence-electron chi connectivity index (χ1n) is 6.43. The normalized spacial score (nSPS) is 10.3. The highest BCUT2D eigenvalue weighted by Gasteiger charge is 2.13. The van der Waals surface area contributed by atoms with Crippen LogP contribution < -0.4 is 11.1 Å². The lowest BCUT2D eigenvalue weighted by Gasteiger charge is -2.12. The van der Waals surface area contributed by atoms with Gasteiger partial charge in [0.25, 0.3) is 0 Å². The van der Waals surface area contributed by atoms with E-state index in [-0.39, 0.29) is 6.61 Å². The Balaban J connectivity index is 2.69. The summed E-state index contributed by atoms with van der Waals surface area (Å²) in [4.78, 5) is 11.6. The van der Waals surface area contributed by atoms with Crippen molar-refractivity contribution in [2.75, 3.05) is 31.3 Å². The van der Waals surface area contributed by atoms with Gasteiger partial charge in [0.1, 0.15) is 0 Å². The maximum Gasteiger partial charge on any atom is 0.340 e. The van der Waals surface area contributed by atoms with E-state index in [4.69, 9.17) is 15.6 Å². The molecule has 0 heterocycles. The number of rotatable bonds is 7. The lowest BCUT2D eigenvalue weighted by atomic mass is 10.1. The number of benzene rings is 1. The molecule has 1 aromatic carbocycles. The number of nitrogens with one attached hydrogen (secondary N) is 1. The standard InChI is InChI=1S/C14H22N2O3/c1-10-8-11(16-6-4-3-5-7-17)9-12(13(10)15)14(18)19-2/h8-9,16-17H,3-7,15H2,1-2H3. The number of carbonyl (C=O) groups excluding carboxylic acids is 1. The van der Waals surface area contributed by atoms with Gasteiger partial charge in [-0.25, -0.2) is 4.79 Å². The average molecular weight is 266 g/mol. The van der Waals surface area contributed by atoms with Gasteiger partial charge in [-0.1, -0.05) is 0 Å². The van der Waals surface area contributed by atoms with E-state index in [1.165, 1.54) is 7.11 Å². The summed E-state index contributed by atoms with van der Waals surface area (Å²) < 4.78 is 4.71. The third kappa shape index (κ3) is 4.44. The minimum absolute atomic E-state index is 0.230. The van der Waals surface area contributed by atoms with Crippen LogP contribution in [0, 0.1) is 6.92 Å². The van der Waals surface area contributed by atoms with Crippen LogP contribution in [-0.2, 0) is 4.74 Å². The zero-order chi connectivity index (χ0) is 14.3. The third-order valence-electron chi connectivity index (χ3n) is 2.96. The molecule has 0 aliphatic rings. The number of aliphatic hydroxyl groups excluding tert-OH is 1. The molecule has 0 aliphatic heterocycles. The van der Waals surface area contributed by atoms with Crippen LogP contribution in [0.1, 0.15) is 35.2 Å². The summed E-state index contributed by atoms with van der Waals surface area (Å²) in [6.45, 7) is 2.89. The molecule has 5 heteroatoms. The van der Waals surface area contributed by atoms with Crippen LogP contribution >= 0.6 is 0 Å². The highest BCUT2D eigenvalue weighted by Crippen LogP contribution is 2.23. The molecule has 0 fully saturated rings. The molecule has 0 saturated carbocycles. The van der Waals surface area contributed by atoms with Gasteiger partial charge in [-0.3, -0.25) is 0 Å². The minimum Gasteiger partial charge on any atom is -0.465 e. The van der Waals surface area contributed by atoms with E-state index in [0.29, 0.717) is 11.3 Å². The Morgan fingerprint density at radius 3 is 2.74 bits per heavy atom. The monoisotopic (exact) mass is 266 g/mol. The molecule has 5 nitrogen and oxygen atoms in total. The summed E-state index contributed by atoms with van der Waals surface area (Å²) in [6, 6.07) is 3.62. The van der Waals surface area contributed by atoms with Gasteiger partial charge in [0, 0.05) is 24.5 Å². The topological polar surface area (TPSA) is 84.6 Å². The second-order valence-electron chi connectivity index (χ2n) is 4.46. The molecule has 19 heavy (non-hydrogen) atoms. The van der Waals surface area contributed by atoms with Crippen LogP contribution in [0.3, 0.4) is 0 Å². The molecule has 0 unspecified atom stereocenters. The van der Waals surface area contributed by atoms with Gasteiger partial charge >= 0.3 is 5.97 Å². The Kier molecular flexibility index (Phi) is 6.15. The summed E-state index contributed by atoms with van der Waals surface area (Å²) in [7, 11) is 1.34. The Labute approximate surface area is 113 Å². The summed E-state index contributed by atoms with van der Waals surface area (Å²) >= 11 is 0. The number of unbranched alkanes of at least 4 members (excludes halogenated alkanes) is 2. The lowest BCUT2D eigenvalue weighted by molar-refractivity contribution is 0.0602. The predicted molar refractivity (Wildman–Crippen MR) is 76.4 cm³/mol. The molecule has 0 bridgehead atoms. The molecular formula is C14H22N2O3. The zero-order valence-corrected chi connectivity index (χ0v) is 11.5. The summed E-state index contributed by atoms with van der Waals surface area (Å²) in [5, 5.41) is 11.9. The van der Waals surface area contributed by atoms with Crippen molar-refractivity contribution in [2.24, 2.45) is 0 Å². The van der Waals surface area contributed by atoms with Gasteiger partial charge in [-0.15, -0.1) is 0 Å². The van der Waals surface area contributed by atoms with Crippen molar-refractivity contribution in [3.05, 3.63) is 23.3 Å². The second-order valence-corrected chi connectivity index (χ2v) is 4.46. The van der Waals surface area contributed by atoms with Crippen molar-refractivity contribution in [1.82, 2.24) is 0 Å². The molecule has 0 aliphatic carbocycles. The summed E-state index contributed by atoms with van der Waals surface area (Å²) in [5.74, 6) is -0.426. The van der Waals surface area contributed by atoms with E-state index in [2.05, 4.69) is 5.32 Å². The van der Waals surface area contributed by atoms with Crippen molar-refractivity contribution < 1.29 is 14.6 Å². The van der Waals surface area contributed by atoms with Crippen LogP contribution in [0.2, 0.25) is 0 Å². The SMILES string of the molecule is COC(=O)c1cc(NCCCCCO)cc(C)c1N. The van der Waals surface area contributed by atoms with E-state index < -0.39 is 5.97 Å². The van der Waals surface area contributed by atoms with Crippen LogP contribution in [0.25, 0.3) is 0 Å². The first-order valence-corrected chi connectivity index (χ1v) is 6.43. The molecule has 4 N–H and O–H groups in total. The fraction of sp³-hybridized carbons (Fsp3) is 0.500. The molecular weight excluding hydrogens is 244 g/mol. The van der Waals surface area contributed by atoms with Crippen LogP contribution in [0.5, 0.6) is 0 Å². The molecule has 0 saturated heterocycles. The number of nitrogens with two attached hydrogens (primary N) is 1. The summed E-state index contributed by atoms with van der Waals surface area (Å²) in [6.07, 6.45) is 2.76. The van der Waals surface area contributed by atoms with Crippen molar-refractivity contribution in [3.63, 3.8) is 0 Å². The maximum absolute atomic E-state index is 11.6. The molecule has 0 amide bonds. The van der Waals surface area contributed by atoms with Crippen LogP contribution in [-0.4, -0.2) is 31.3 Å². The van der Waals surface area contributed by atoms with Crippen molar-refractivity contribution >= 4 is 17.3 Å². The Morgan fingerprint density at radius 1 is 1.37 bits per heavy atom. The van der Waals surface area contributed by atoms with Gasteiger partial charge in [0.15, 0.2) is 0 Å². The fourth-order valence-corrected chi connectivity index (χ4v) is 1.83. The van der Waals surface area contributed by atoms with E-state index in [0.717, 1.165) is 37.1 Å².